The molecule has 1 amide bonds. The van der Waals surface area contributed by atoms with E-state index in [9.17, 15) is 4.79 Å². The standard InChI is InChI=1S/C21H25N5O3S/c1-25(14-17-6-4-5-7-18(17)29-3)19(27)15-30-21-24-23-20(26(21)12-13-28-2)16-8-10-22-11-9-16/h4-11H,12-15H2,1-3H3. The minimum Gasteiger partial charge on any atom is -0.496 e. The van der Waals surface area contributed by atoms with Crippen LogP contribution >= 0.6 is 11.8 Å². The van der Waals surface area contributed by atoms with Gasteiger partial charge in [0.15, 0.2) is 11.0 Å². The maximum absolute atomic E-state index is 12.7. The van der Waals surface area contributed by atoms with Crippen LogP contribution in [-0.4, -0.2) is 64.2 Å². The number of carbonyl (C=O) groups excluding carboxylic acids is 1. The molecular weight excluding hydrogens is 402 g/mol. The van der Waals surface area contributed by atoms with Crippen LogP contribution < -0.4 is 4.74 Å². The van der Waals surface area contributed by atoms with Crippen molar-refractivity contribution in [3.05, 3.63) is 54.4 Å². The summed E-state index contributed by atoms with van der Waals surface area (Å²) in [5, 5.41) is 9.30. The van der Waals surface area contributed by atoms with E-state index in [0.29, 0.717) is 24.9 Å². The van der Waals surface area contributed by atoms with Crippen molar-refractivity contribution in [2.75, 3.05) is 33.6 Å². The van der Waals surface area contributed by atoms with Gasteiger partial charge in [0.25, 0.3) is 0 Å². The highest BCUT2D eigenvalue weighted by Gasteiger charge is 2.17. The Hall–Kier alpha value is -2.91. The predicted octanol–water partition coefficient (Wildman–Crippen LogP) is 2.75. The number of methoxy groups -OCH3 is 2. The molecule has 0 atom stereocenters. The fourth-order valence-electron chi connectivity index (χ4n) is 2.91. The molecule has 0 saturated heterocycles. The molecule has 2 heterocycles. The number of para-hydroxylation sites is 1. The van der Waals surface area contributed by atoms with Crippen molar-refractivity contribution in [1.29, 1.82) is 0 Å². The number of nitrogens with zero attached hydrogens (tertiary/aromatic N) is 5. The Labute approximate surface area is 180 Å². The fraction of sp³-hybridized carbons (Fsp3) is 0.333. The third-order valence-electron chi connectivity index (χ3n) is 4.52. The fourth-order valence-corrected chi connectivity index (χ4v) is 3.81. The molecule has 3 aromatic rings. The SMILES string of the molecule is COCCn1c(SCC(=O)N(C)Cc2ccccc2OC)nnc1-c1ccncc1. The van der Waals surface area contributed by atoms with Gasteiger partial charge < -0.3 is 14.4 Å². The van der Waals surface area contributed by atoms with Crippen molar-refractivity contribution in [3.8, 4) is 17.1 Å². The molecule has 0 bridgehead atoms. The van der Waals surface area contributed by atoms with Crippen molar-refractivity contribution in [2.24, 2.45) is 0 Å². The van der Waals surface area contributed by atoms with Gasteiger partial charge in [-0.3, -0.25) is 14.3 Å². The van der Waals surface area contributed by atoms with E-state index >= 15 is 0 Å². The molecule has 8 nitrogen and oxygen atoms in total. The zero-order chi connectivity index (χ0) is 21.3. The van der Waals surface area contributed by atoms with Gasteiger partial charge in [0.05, 0.1) is 26.0 Å². The lowest BCUT2D eigenvalue weighted by atomic mass is 10.2. The topological polar surface area (TPSA) is 82.4 Å². The molecule has 0 unspecified atom stereocenters. The zero-order valence-corrected chi connectivity index (χ0v) is 18.1. The van der Waals surface area contributed by atoms with E-state index < -0.39 is 0 Å². The van der Waals surface area contributed by atoms with Crippen LogP contribution in [0.4, 0.5) is 0 Å². The first-order valence-electron chi connectivity index (χ1n) is 9.45. The average Bonchev–Trinajstić information content (AvgIpc) is 3.19. The molecule has 3 rings (SSSR count). The number of hydrogen-bond donors (Lipinski definition) is 0. The Morgan fingerprint density at radius 2 is 1.90 bits per heavy atom. The minimum absolute atomic E-state index is 0.00217. The van der Waals surface area contributed by atoms with E-state index in [1.54, 1.807) is 38.6 Å². The van der Waals surface area contributed by atoms with Crippen LogP contribution in [0.25, 0.3) is 11.4 Å². The van der Waals surface area contributed by atoms with Gasteiger partial charge in [0, 0.05) is 44.2 Å². The summed E-state index contributed by atoms with van der Waals surface area (Å²) in [5.41, 5.74) is 1.88. The molecule has 0 aliphatic carbocycles. The highest BCUT2D eigenvalue weighted by atomic mass is 32.2. The van der Waals surface area contributed by atoms with Gasteiger partial charge in [-0.25, -0.2) is 0 Å². The summed E-state index contributed by atoms with van der Waals surface area (Å²) in [7, 11) is 5.07. The van der Waals surface area contributed by atoms with Crippen LogP contribution in [0.3, 0.4) is 0 Å². The molecule has 0 saturated carbocycles. The van der Waals surface area contributed by atoms with Crippen molar-refractivity contribution in [1.82, 2.24) is 24.6 Å². The largest absolute Gasteiger partial charge is 0.496 e. The Bertz CT molecular complexity index is 964. The molecule has 0 fully saturated rings. The number of rotatable bonds is 10. The molecular formula is C21H25N5O3S. The zero-order valence-electron chi connectivity index (χ0n) is 17.3. The van der Waals surface area contributed by atoms with E-state index in [4.69, 9.17) is 9.47 Å². The molecule has 0 N–H and O–H groups in total. The number of aromatic nitrogens is 4. The second-order valence-electron chi connectivity index (χ2n) is 6.54. The second-order valence-corrected chi connectivity index (χ2v) is 7.48. The van der Waals surface area contributed by atoms with Crippen molar-refractivity contribution in [3.63, 3.8) is 0 Å². The third-order valence-corrected chi connectivity index (χ3v) is 5.48. The molecule has 30 heavy (non-hydrogen) atoms. The lowest BCUT2D eigenvalue weighted by Gasteiger charge is -2.18. The predicted molar refractivity (Wildman–Crippen MR) is 115 cm³/mol. The van der Waals surface area contributed by atoms with Gasteiger partial charge in [-0.1, -0.05) is 30.0 Å². The van der Waals surface area contributed by atoms with Gasteiger partial charge in [0.2, 0.25) is 5.91 Å². The Morgan fingerprint density at radius 3 is 2.63 bits per heavy atom. The van der Waals surface area contributed by atoms with E-state index in [1.165, 1.54) is 11.8 Å². The lowest BCUT2D eigenvalue weighted by Crippen LogP contribution is -2.28. The van der Waals surface area contributed by atoms with E-state index in [1.807, 2.05) is 41.0 Å². The summed E-state index contributed by atoms with van der Waals surface area (Å²) in [6, 6.07) is 11.5. The first-order chi connectivity index (χ1) is 14.6. The van der Waals surface area contributed by atoms with Crippen LogP contribution in [0.15, 0.2) is 53.9 Å². The van der Waals surface area contributed by atoms with Crippen molar-refractivity contribution < 1.29 is 14.3 Å². The quantitative estimate of drug-likeness (QED) is 0.460. The number of ether oxygens (including phenoxy) is 2. The number of benzene rings is 1. The highest BCUT2D eigenvalue weighted by Crippen LogP contribution is 2.24. The van der Waals surface area contributed by atoms with E-state index in [-0.39, 0.29) is 11.7 Å². The van der Waals surface area contributed by atoms with Gasteiger partial charge in [-0.15, -0.1) is 10.2 Å². The molecule has 0 aliphatic heterocycles. The summed E-state index contributed by atoms with van der Waals surface area (Å²) in [6.45, 7) is 1.59. The molecule has 9 heteroatoms. The van der Waals surface area contributed by atoms with Crippen LogP contribution in [0.1, 0.15) is 5.56 Å². The van der Waals surface area contributed by atoms with Crippen LogP contribution in [0, 0.1) is 0 Å². The second kappa shape index (κ2) is 10.7. The Kier molecular flexibility index (Phi) is 7.81. The monoisotopic (exact) mass is 427 g/mol. The molecule has 0 spiro atoms. The maximum atomic E-state index is 12.7. The number of carbonyl (C=O) groups is 1. The van der Waals surface area contributed by atoms with Gasteiger partial charge in [0.1, 0.15) is 5.75 Å². The highest BCUT2D eigenvalue weighted by molar-refractivity contribution is 7.99. The summed E-state index contributed by atoms with van der Waals surface area (Å²) in [4.78, 5) is 18.4. The number of amides is 1. The van der Waals surface area contributed by atoms with Crippen LogP contribution in [-0.2, 0) is 22.6 Å². The molecule has 0 aliphatic rings. The first kappa shape index (κ1) is 21.8. The molecule has 2 aromatic heterocycles. The van der Waals surface area contributed by atoms with Crippen molar-refractivity contribution in [2.45, 2.75) is 18.2 Å². The summed E-state index contributed by atoms with van der Waals surface area (Å²) >= 11 is 1.37. The van der Waals surface area contributed by atoms with E-state index in [2.05, 4.69) is 15.2 Å². The molecule has 1 aromatic carbocycles. The lowest BCUT2D eigenvalue weighted by molar-refractivity contribution is -0.127. The smallest absolute Gasteiger partial charge is 0.233 e. The summed E-state index contributed by atoms with van der Waals surface area (Å²) in [6.07, 6.45) is 3.43. The minimum atomic E-state index is -0.00217. The van der Waals surface area contributed by atoms with Gasteiger partial charge in [-0.2, -0.15) is 0 Å². The number of pyridine rings is 1. The number of hydrogen-bond acceptors (Lipinski definition) is 7. The summed E-state index contributed by atoms with van der Waals surface area (Å²) < 4.78 is 12.6. The molecule has 158 valence electrons. The number of thioether (sulfide) groups is 1. The van der Waals surface area contributed by atoms with Crippen LogP contribution in [0.2, 0.25) is 0 Å². The maximum Gasteiger partial charge on any atom is 0.233 e. The van der Waals surface area contributed by atoms with Gasteiger partial charge >= 0.3 is 0 Å². The average molecular weight is 428 g/mol. The van der Waals surface area contributed by atoms with Crippen molar-refractivity contribution >= 4 is 17.7 Å². The Morgan fingerprint density at radius 1 is 1.13 bits per heavy atom. The van der Waals surface area contributed by atoms with E-state index in [0.717, 1.165) is 22.7 Å². The molecule has 0 radical (unpaired) electrons. The Balaban J connectivity index is 1.68. The van der Waals surface area contributed by atoms with Gasteiger partial charge in [-0.05, 0) is 18.2 Å². The summed E-state index contributed by atoms with van der Waals surface area (Å²) in [5.74, 6) is 1.75. The first-order valence-corrected chi connectivity index (χ1v) is 10.4. The third kappa shape index (κ3) is 5.37. The van der Waals surface area contributed by atoms with Crippen LogP contribution in [0.5, 0.6) is 5.75 Å². The normalized spacial score (nSPS) is 10.8.